The largest absolute Gasteiger partial charge is 0.393 e. The minimum atomic E-state index is -0.212. The molecule has 1 saturated carbocycles. The SMILES string of the molecule is O=C1NCC12CC(O)C2. The van der Waals surface area contributed by atoms with Crippen LogP contribution in [0.1, 0.15) is 12.8 Å². The summed E-state index contributed by atoms with van der Waals surface area (Å²) in [6, 6.07) is 0. The molecule has 0 aromatic carbocycles. The summed E-state index contributed by atoms with van der Waals surface area (Å²) in [5.74, 6) is 0.132. The van der Waals surface area contributed by atoms with Crippen LogP contribution in [0.2, 0.25) is 0 Å². The minimum absolute atomic E-state index is 0.126. The van der Waals surface area contributed by atoms with Crippen LogP contribution in [0.3, 0.4) is 0 Å². The van der Waals surface area contributed by atoms with Crippen molar-refractivity contribution in [3.8, 4) is 0 Å². The van der Waals surface area contributed by atoms with Crippen molar-refractivity contribution < 1.29 is 9.90 Å². The molecule has 1 aliphatic carbocycles. The van der Waals surface area contributed by atoms with E-state index in [-0.39, 0.29) is 17.4 Å². The minimum Gasteiger partial charge on any atom is -0.393 e. The van der Waals surface area contributed by atoms with E-state index in [1.807, 2.05) is 0 Å². The predicted octanol–water partition coefficient (Wildman–Crippen LogP) is -0.743. The lowest BCUT2D eigenvalue weighted by atomic mass is 9.62. The van der Waals surface area contributed by atoms with Gasteiger partial charge in [-0.1, -0.05) is 0 Å². The van der Waals surface area contributed by atoms with Gasteiger partial charge in [-0.3, -0.25) is 4.79 Å². The Bertz CT molecular complexity index is 160. The van der Waals surface area contributed by atoms with Gasteiger partial charge >= 0.3 is 0 Å². The van der Waals surface area contributed by atoms with Crippen LogP contribution in [-0.4, -0.2) is 23.7 Å². The Balaban J connectivity index is 2.05. The van der Waals surface area contributed by atoms with Crippen molar-refractivity contribution in [2.24, 2.45) is 5.41 Å². The quantitative estimate of drug-likeness (QED) is 0.421. The molecule has 1 aliphatic heterocycles. The average molecular weight is 127 g/mol. The van der Waals surface area contributed by atoms with E-state index < -0.39 is 0 Å². The fourth-order valence-corrected chi connectivity index (χ4v) is 1.58. The first-order chi connectivity index (χ1) is 4.23. The van der Waals surface area contributed by atoms with E-state index in [9.17, 15) is 4.79 Å². The highest BCUT2D eigenvalue weighted by Gasteiger charge is 2.55. The third-order valence-corrected chi connectivity index (χ3v) is 2.32. The zero-order valence-corrected chi connectivity index (χ0v) is 5.05. The highest BCUT2D eigenvalue weighted by molar-refractivity contribution is 5.89. The molecule has 1 amide bonds. The zero-order valence-electron chi connectivity index (χ0n) is 5.05. The molecule has 9 heavy (non-hydrogen) atoms. The Morgan fingerprint density at radius 3 is 2.44 bits per heavy atom. The molecular formula is C6H9NO2. The Kier molecular flexibility index (Phi) is 0.750. The van der Waals surface area contributed by atoms with E-state index >= 15 is 0 Å². The summed E-state index contributed by atoms with van der Waals surface area (Å²) in [7, 11) is 0. The van der Waals surface area contributed by atoms with Crippen LogP contribution < -0.4 is 5.32 Å². The maximum absolute atomic E-state index is 10.8. The third kappa shape index (κ3) is 0.477. The Morgan fingerprint density at radius 1 is 1.67 bits per heavy atom. The normalized spacial score (nSPS) is 47.7. The first-order valence-corrected chi connectivity index (χ1v) is 3.19. The van der Waals surface area contributed by atoms with Crippen molar-refractivity contribution in [3.05, 3.63) is 0 Å². The number of aliphatic hydroxyl groups is 1. The van der Waals surface area contributed by atoms with Crippen LogP contribution in [0, 0.1) is 5.41 Å². The van der Waals surface area contributed by atoms with E-state index in [0.29, 0.717) is 12.8 Å². The van der Waals surface area contributed by atoms with Gasteiger partial charge in [-0.15, -0.1) is 0 Å². The zero-order chi connectivity index (χ0) is 6.48. The van der Waals surface area contributed by atoms with Gasteiger partial charge in [0, 0.05) is 6.54 Å². The first-order valence-electron chi connectivity index (χ1n) is 3.19. The molecule has 2 rings (SSSR count). The lowest BCUT2D eigenvalue weighted by Gasteiger charge is -2.50. The topological polar surface area (TPSA) is 49.3 Å². The predicted molar refractivity (Wildman–Crippen MR) is 30.7 cm³/mol. The van der Waals surface area contributed by atoms with E-state index in [0.717, 1.165) is 6.54 Å². The summed E-state index contributed by atoms with van der Waals surface area (Å²) in [4.78, 5) is 10.8. The van der Waals surface area contributed by atoms with Crippen molar-refractivity contribution in [1.82, 2.24) is 5.32 Å². The van der Waals surface area contributed by atoms with Crippen LogP contribution in [0.5, 0.6) is 0 Å². The van der Waals surface area contributed by atoms with Gasteiger partial charge in [0.05, 0.1) is 11.5 Å². The average Bonchev–Trinajstić information content (AvgIpc) is 1.77. The van der Waals surface area contributed by atoms with E-state index in [2.05, 4.69) is 5.32 Å². The van der Waals surface area contributed by atoms with Crippen LogP contribution in [0.25, 0.3) is 0 Å². The van der Waals surface area contributed by atoms with Crippen molar-refractivity contribution in [2.45, 2.75) is 18.9 Å². The molecule has 1 heterocycles. The summed E-state index contributed by atoms with van der Waals surface area (Å²) in [5.41, 5.74) is -0.126. The van der Waals surface area contributed by atoms with Gasteiger partial charge in [0.15, 0.2) is 0 Å². The van der Waals surface area contributed by atoms with Crippen molar-refractivity contribution in [2.75, 3.05) is 6.54 Å². The molecule has 0 bridgehead atoms. The fourth-order valence-electron chi connectivity index (χ4n) is 1.58. The van der Waals surface area contributed by atoms with E-state index in [1.165, 1.54) is 0 Å². The van der Waals surface area contributed by atoms with Crippen LogP contribution in [-0.2, 0) is 4.79 Å². The molecule has 3 nitrogen and oxygen atoms in total. The molecule has 0 aromatic rings. The molecule has 50 valence electrons. The van der Waals surface area contributed by atoms with E-state index in [1.54, 1.807) is 0 Å². The molecule has 1 spiro atoms. The third-order valence-electron chi connectivity index (χ3n) is 2.32. The second-order valence-corrected chi connectivity index (χ2v) is 3.03. The highest BCUT2D eigenvalue weighted by atomic mass is 16.3. The number of carbonyl (C=O) groups excluding carboxylic acids is 1. The Hall–Kier alpha value is -0.570. The number of hydrogen-bond donors (Lipinski definition) is 2. The van der Waals surface area contributed by atoms with Crippen LogP contribution in [0.15, 0.2) is 0 Å². The van der Waals surface area contributed by atoms with Gasteiger partial charge in [-0.05, 0) is 12.8 Å². The number of rotatable bonds is 0. The molecule has 0 radical (unpaired) electrons. The maximum atomic E-state index is 10.8. The van der Waals surface area contributed by atoms with Gasteiger partial charge in [-0.25, -0.2) is 0 Å². The lowest BCUT2D eigenvalue weighted by Crippen LogP contribution is -2.66. The summed E-state index contributed by atoms with van der Waals surface area (Å²) >= 11 is 0. The Morgan fingerprint density at radius 2 is 2.33 bits per heavy atom. The Labute approximate surface area is 53.1 Å². The van der Waals surface area contributed by atoms with Gasteiger partial charge in [-0.2, -0.15) is 0 Å². The molecule has 0 atom stereocenters. The maximum Gasteiger partial charge on any atom is 0.228 e. The smallest absolute Gasteiger partial charge is 0.228 e. The number of aliphatic hydroxyl groups excluding tert-OH is 1. The molecule has 3 heteroatoms. The summed E-state index contributed by atoms with van der Waals surface area (Å²) < 4.78 is 0. The molecular weight excluding hydrogens is 118 g/mol. The number of β-lactam (4-membered cyclic amide) rings is 1. The van der Waals surface area contributed by atoms with Gasteiger partial charge < -0.3 is 10.4 Å². The summed E-state index contributed by atoms with van der Waals surface area (Å²) in [5, 5.41) is 11.6. The number of carbonyl (C=O) groups is 1. The molecule has 2 aliphatic rings. The molecule has 0 unspecified atom stereocenters. The lowest BCUT2D eigenvalue weighted by molar-refractivity contribution is -0.157. The molecule has 2 fully saturated rings. The van der Waals surface area contributed by atoms with Crippen molar-refractivity contribution in [3.63, 3.8) is 0 Å². The standard InChI is InChI=1S/C6H9NO2/c8-4-1-6(2-4)3-7-5(6)9/h4,8H,1-3H2,(H,7,9). The number of amides is 1. The first kappa shape index (κ1) is 5.23. The van der Waals surface area contributed by atoms with Crippen LogP contribution >= 0.6 is 0 Å². The number of hydrogen-bond acceptors (Lipinski definition) is 2. The molecule has 2 N–H and O–H groups in total. The molecule has 1 saturated heterocycles. The van der Waals surface area contributed by atoms with Crippen molar-refractivity contribution >= 4 is 5.91 Å². The molecule has 0 aromatic heterocycles. The highest BCUT2D eigenvalue weighted by Crippen LogP contribution is 2.44. The summed E-state index contributed by atoms with van der Waals surface area (Å²) in [6.45, 7) is 0.781. The van der Waals surface area contributed by atoms with Gasteiger partial charge in [0.25, 0.3) is 0 Å². The second-order valence-electron chi connectivity index (χ2n) is 3.03. The van der Waals surface area contributed by atoms with Crippen LogP contribution in [0.4, 0.5) is 0 Å². The summed E-state index contributed by atoms with van der Waals surface area (Å²) in [6.07, 6.45) is 1.15. The number of nitrogens with one attached hydrogen (secondary N) is 1. The fraction of sp³-hybridized carbons (Fsp3) is 0.833. The van der Waals surface area contributed by atoms with Gasteiger partial charge in [0.2, 0.25) is 5.91 Å². The monoisotopic (exact) mass is 127 g/mol. The second kappa shape index (κ2) is 1.29. The van der Waals surface area contributed by atoms with E-state index in [4.69, 9.17) is 5.11 Å². The van der Waals surface area contributed by atoms with Crippen molar-refractivity contribution in [1.29, 1.82) is 0 Å². The van der Waals surface area contributed by atoms with Gasteiger partial charge in [0.1, 0.15) is 0 Å².